The molecule has 0 spiro atoms. The fraction of sp³-hybridized carbons (Fsp3) is 0.457. The molecule has 1 saturated heterocycles. The van der Waals surface area contributed by atoms with Crippen molar-refractivity contribution in [3.8, 4) is 0 Å². The zero-order valence-corrected chi connectivity index (χ0v) is 26.5. The minimum atomic E-state index is -2.78. The number of aliphatic hydroxyl groups excluding tert-OH is 1. The molecule has 1 aliphatic rings. The van der Waals surface area contributed by atoms with Gasteiger partial charge < -0.3 is 14.3 Å². The predicted octanol–water partition coefficient (Wildman–Crippen LogP) is 6.84. The van der Waals surface area contributed by atoms with Crippen LogP contribution in [0.5, 0.6) is 0 Å². The van der Waals surface area contributed by atoms with Crippen molar-refractivity contribution in [2.24, 2.45) is 0 Å². The van der Waals surface area contributed by atoms with Gasteiger partial charge in [-0.3, -0.25) is 4.90 Å². The quantitative estimate of drug-likeness (QED) is 0.300. The number of hydrogen-bond acceptors (Lipinski definition) is 4. The fourth-order valence-electron chi connectivity index (χ4n) is 6.23. The Morgan fingerprint density at radius 1 is 0.829 bits per heavy atom. The maximum atomic E-state index is 13.8. The largest absolute Gasteiger partial charge is 0.444 e. The third-order valence-electron chi connectivity index (χ3n) is 8.05. The Morgan fingerprint density at radius 3 is 1.80 bits per heavy atom. The number of ether oxygens (including phenoxy) is 1. The molecule has 220 valence electrons. The van der Waals surface area contributed by atoms with Gasteiger partial charge in [0.05, 0.1) is 18.8 Å². The molecule has 0 aliphatic carbocycles. The molecule has 1 amide bonds. The summed E-state index contributed by atoms with van der Waals surface area (Å²) in [6.45, 7) is 12.9. The number of benzene rings is 3. The summed E-state index contributed by atoms with van der Waals surface area (Å²) in [5, 5.41) is 13.4. The van der Waals surface area contributed by atoms with E-state index in [0.29, 0.717) is 13.0 Å². The lowest BCUT2D eigenvalue weighted by Gasteiger charge is -2.47. The summed E-state index contributed by atoms with van der Waals surface area (Å²) >= 11 is 0. The van der Waals surface area contributed by atoms with E-state index in [9.17, 15) is 9.90 Å². The van der Waals surface area contributed by atoms with E-state index < -0.39 is 20.0 Å². The number of carbonyl (C=O) groups excluding carboxylic acids is 1. The summed E-state index contributed by atoms with van der Waals surface area (Å²) in [4.78, 5) is 15.7. The number of rotatable bonds is 8. The topological polar surface area (TPSA) is 59.0 Å². The van der Waals surface area contributed by atoms with Gasteiger partial charge in [-0.1, -0.05) is 112 Å². The first-order chi connectivity index (χ1) is 19.4. The minimum Gasteiger partial charge on any atom is -0.444 e. The fourth-order valence-corrected chi connectivity index (χ4v) is 10.8. The number of piperidine rings is 1. The standard InChI is InChI=1S/C35H47NO4Si/c1-34(2,3)40-33(38)36-28(25-32(37)27-17-10-7-11-18-27)19-16-20-29(36)26-39-41(35(4,5)6,30-21-12-8-13-22-30)31-23-14-9-15-24-31/h7-15,17-18,21-24,28-29,32,37H,16,19-20,25-26H2,1-6H3/t28-,29+,32+/m1/s1. The molecule has 1 fully saturated rings. The Balaban J connectivity index is 1.69. The van der Waals surface area contributed by atoms with Crippen molar-refractivity contribution in [2.45, 2.75) is 96.1 Å². The first-order valence-corrected chi connectivity index (χ1v) is 16.8. The normalized spacial score (nSPS) is 19.0. The Hall–Kier alpha value is -2.93. The van der Waals surface area contributed by atoms with Crippen LogP contribution in [-0.4, -0.2) is 48.7 Å². The molecule has 3 aromatic carbocycles. The molecule has 5 nitrogen and oxygen atoms in total. The summed E-state index contributed by atoms with van der Waals surface area (Å²) in [5.74, 6) is 0. The SMILES string of the molecule is CC(C)(C)OC(=O)N1[C@@H](C[C@H](O)c2ccccc2)CCC[C@H]1CO[Si](c1ccccc1)(c1ccccc1)C(C)(C)C. The van der Waals surface area contributed by atoms with Crippen LogP contribution in [0, 0.1) is 0 Å². The summed E-state index contributed by atoms with van der Waals surface area (Å²) in [5.41, 5.74) is 0.239. The molecule has 4 rings (SSSR count). The van der Waals surface area contributed by atoms with Crippen molar-refractivity contribution in [3.05, 3.63) is 96.6 Å². The Morgan fingerprint density at radius 2 is 1.32 bits per heavy atom. The van der Waals surface area contributed by atoms with Crippen LogP contribution in [0.4, 0.5) is 4.79 Å². The Labute approximate surface area is 247 Å². The Bertz CT molecular complexity index is 1200. The van der Waals surface area contributed by atoms with Crippen LogP contribution in [0.15, 0.2) is 91.0 Å². The smallest absolute Gasteiger partial charge is 0.410 e. The van der Waals surface area contributed by atoms with Crippen molar-refractivity contribution >= 4 is 24.8 Å². The van der Waals surface area contributed by atoms with Crippen molar-refractivity contribution < 1.29 is 19.1 Å². The average Bonchev–Trinajstić information content (AvgIpc) is 2.93. The highest BCUT2D eigenvalue weighted by Gasteiger charge is 2.51. The highest BCUT2D eigenvalue weighted by atomic mass is 28.4. The summed E-state index contributed by atoms with van der Waals surface area (Å²) < 4.78 is 13.2. The van der Waals surface area contributed by atoms with Gasteiger partial charge in [0.2, 0.25) is 0 Å². The van der Waals surface area contributed by atoms with Gasteiger partial charge in [0, 0.05) is 6.04 Å². The summed E-state index contributed by atoms with van der Waals surface area (Å²) in [6.07, 6.45) is 2.06. The molecule has 6 heteroatoms. The van der Waals surface area contributed by atoms with Crippen LogP contribution in [0.3, 0.4) is 0 Å². The molecule has 0 aromatic heterocycles. The number of nitrogens with zero attached hydrogens (tertiary/aromatic N) is 1. The summed E-state index contributed by atoms with van der Waals surface area (Å²) in [6, 6.07) is 30.6. The molecule has 0 bridgehead atoms. The van der Waals surface area contributed by atoms with E-state index in [1.165, 1.54) is 10.4 Å². The van der Waals surface area contributed by atoms with Gasteiger partial charge in [-0.05, 0) is 67.4 Å². The van der Waals surface area contributed by atoms with E-state index in [2.05, 4.69) is 69.3 Å². The van der Waals surface area contributed by atoms with Crippen LogP contribution in [-0.2, 0) is 9.16 Å². The molecule has 0 radical (unpaired) electrons. The molecule has 0 unspecified atom stereocenters. The molecule has 41 heavy (non-hydrogen) atoms. The number of amides is 1. The van der Waals surface area contributed by atoms with Gasteiger partial charge in [-0.2, -0.15) is 0 Å². The monoisotopic (exact) mass is 573 g/mol. The van der Waals surface area contributed by atoms with Gasteiger partial charge in [0.15, 0.2) is 0 Å². The highest BCUT2D eigenvalue weighted by Crippen LogP contribution is 2.38. The van der Waals surface area contributed by atoms with Crippen molar-refractivity contribution in [3.63, 3.8) is 0 Å². The van der Waals surface area contributed by atoms with Crippen molar-refractivity contribution in [2.75, 3.05) is 6.61 Å². The molecule has 1 aliphatic heterocycles. The van der Waals surface area contributed by atoms with E-state index in [-0.39, 0.29) is 23.2 Å². The maximum absolute atomic E-state index is 13.8. The van der Waals surface area contributed by atoms with E-state index in [0.717, 1.165) is 24.8 Å². The second-order valence-corrected chi connectivity index (χ2v) is 17.6. The molecule has 1 N–H and O–H groups in total. The van der Waals surface area contributed by atoms with Crippen LogP contribution in [0.25, 0.3) is 0 Å². The number of carbonyl (C=O) groups is 1. The van der Waals surface area contributed by atoms with E-state index in [1.807, 2.05) is 68.1 Å². The van der Waals surface area contributed by atoms with Crippen LogP contribution in [0.2, 0.25) is 5.04 Å². The lowest BCUT2D eigenvalue weighted by molar-refractivity contribution is -0.0223. The Kier molecular flexibility index (Phi) is 9.78. The maximum Gasteiger partial charge on any atom is 0.410 e. The summed E-state index contributed by atoms with van der Waals surface area (Å²) in [7, 11) is -2.78. The zero-order valence-electron chi connectivity index (χ0n) is 25.5. The molecular formula is C35H47NO4Si. The van der Waals surface area contributed by atoms with E-state index in [1.54, 1.807) is 0 Å². The first kappa shape index (κ1) is 31.0. The van der Waals surface area contributed by atoms with Crippen LogP contribution < -0.4 is 10.4 Å². The second-order valence-electron chi connectivity index (χ2n) is 13.3. The number of aliphatic hydroxyl groups is 1. The third kappa shape index (κ3) is 7.29. The van der Waals surface area contributed by atoms with Gasteiger partial charge in [-0.25, -0.2) is 4.79 Å². The average molecular weight is 574 g/mol. The van der Waals surface area contributed by atoms with Crippen LogP contribution in [0.1, 0.15) is 78.9 Å². The van der Waals surface area contributed by atoms with Crippen molar-refractivity contribution in [1.29, 1.82) is 0 Å². The lowest BCUT2D eigenvalue weighted by atomic mass is 9.91. The second kappa shape index (κ2) is 12.9. The molecule has 3 aromatic rings. The van der Waals surface area contributed by atoms with Gasteiger partial charge in [0.25, 0.3) is 8.32 Å². The van der Waals surface area contributed by atoms with Gasteiger partial charge in [-0.15, -0.1) is 0 Å². The van der Waals surface area contributed by atoms with Gasteiger partial charge in [0.1, 0.15) is 5.60 Å². The molecular weight excluding hydrogens is 526 g/mol. The number of likely N-dealkylation sites (tertiary alicyclic amines) is 1. The first-order valence-electron chi connectivity index (χ1n) is 14.9. The van der Waals surface area contributed by atoms with Crippen LogP contribution >= 0.6 is 0 Å². The number of hydrogen-bond donors (Lipinski definition) is 1. The molecule has 3 atom stereocenters. The van der Waals surface area contributed by atoms with Crippen molar-refractivity contribution in [1.82, 2.24) is 4.90 Å². The highest BCUT2D eigenvalue weighted by molar-refractivity contribution is 6.99. The van der Waals surface area contributed by atoms with Gasteiger partial charge >= 0.3 is 6.09 Å². The third-order valence-corrected chi connectivity index (χ3v) is 13.1. The lowest BCUT2D eigenvalue weighted by Crippen LogP contribution is -2.67. The van der Waals surface area contributed by atoms with E-state index in [4.69, 9.17) is 9.16 Å². The minimum absolute atomic E-state index is 0.151. The zero-order chi connectivity index (χ0) is 29.7. The molecule has 1 heterocycles. The predicted molar refractivity (Wildman–Crippen MR) is 169 cm³/mol. The van der Waals surface area contributed by atoms with E-state index >= 15 is 0 Å². The molecule has 0 saturated carbocycles.